The number of alkyl halides is 3. The summed E-state index contributed by atoms with van der Waals surface area (Å²) in [7, 11) is 1.27. The first-order valence-corrected chi connectivity index (χ1v) is 6.70. The molecule has 2 amide bonds. The molecule has 0 unspecified atom stereocenters. The predicted molar refractivity (Wildman–Crippen MR) is 75.1 cm³/mol. The zero-order valence-corrected chi connectivity index (χ0v) is 12.7. The van der Waals surface area contributed by atoms with E-state index in [9.17, 15) is 13.6 Å². The summed E-state index contributed by atoms with van der Waals surface area (Å²) < 4.78 is 31.5. The fourth-order valence-corrected chi connectivity index (χ4v) is 2.33. The van der Waals surface area contributed by atoms with Crippen LogP contribution < -0.4 is 9.64 Å². The fraction of sp³-hybridized carbons (Fsp3) is 0.538. The van der Waals surface area contributed by atoms with E-state index in [0.29, 0.717) is 11.6 Å². The number of ether oxygens (including phenoxy) is 1. The lowest BCUT2D eigenvalue weighted by Crippen LogP contribution is -2.54. The van der Waals surface area contributed by atoms with Gasteiger partial charge in [-0.25, -0.2) is 9.78 Å². The molecular formula is C13H16ClF2N3O2. The number of fused-ring (bicyclic) bond motifs is 1. The molecule has 0 saturated carbocycles. The summed E-state index contributed by atoms with van der Waals surface area (Å²) in [6.45, 7) is 2.93. The molecule has 1 aliphatic rings. The quantitative estimate of drug-likeness (QED) is 0.787. The number of pyridine rings is 1. The van der Waals surface area contributed by atoms with Crippen molar-refractivity contribution in [3.63, 3.8) is 0 Å². The number of halogens is 3. The first-order chi connectivity index (χ1) is 9.59. The van der Waals surface area contributed by atoms with E-state index in [1.54, 1.807) is 26.0 Å². The molecule has 0 bridgehead atoms. The van der Waals surface area contributed by atoms with Crippen LogP contribution in [0.3, 0.4) is 0 Å². The predicted octanol–water partition coefficient (Wildman–Crippen LogP) is 2.94. The Balaban J connectivity index is 2.28. The maximum absolute atomic E-state index is 12.9. The smallest absolute Gasteiger partial charge is 0.338 e. The average molecular weight is 320 g/mol. The van der Waals surface area contributed by atoms with Crippen LogP contribution in [-0.4, -0.2) is 47.0 Å². The average Bonchev–Trinajstić information content (AvgIpc) is 2.33. The van der Waals surface area contributed by atoms with Gasteiger partial charge in [0.2, 0.25) is 0 Å². The molecule has 2 heterocycles. The highest BCUT2D eigenvalue weighted by Gasteiger charge is 2.38. The van der Waals surface area contributed by atoms with Gasteiger partial charge in [-0.1, -0.05) is 0 Å². The molecule has 0 spiro atoms. The lowest BCUT2D eigenvalue weighted by atomic mass is 10.1. The van der Waals surface area contributed by atoms with Gasteiger partial charge in [0.15, 0.2) is 11.6 Å². The van der Waals surface area contributed by atoms with Crippen molar-refractivity contribution in [2.45, 2.75) is 24.8 Å². The summed E-state index contributed by atoms with van der Waals surface area (Å²) in [4.78, 5) is 18.7. The molecule has 5 nitrogen and oxygen atoms in total. The Labute approximate surface area is 126 Å². The number of carbonyl (C=O) groups excluding carboxylic acids is 1. The molecule has 116 valence electrons. The van der Waals surface area contributed by atoms with E-state index in [4.69, 9.17) is 16.3 Å². The third kappa shape index (κ3) is 3.72. The highest BCUT2D eigenvalue weighted by Crippen LogP contribution is 2.35. The second kappa shape index (κ2) is 5.29. The van der Waals surface area contributed by atoms with Crippen LogP contribution in [0.2, 0.25) is 0 Å². The summed E-state index contributed by atoms with van der Waals surface area (Å²) in [6.07, 6.45) is 1.51. The van der Waals surface area contributed by atoms with Gasteiger partial charge < -0.3 is 9.64 Å². The summed E-state index contributed by atoms with van der Waals surface area (Å²) in [5.41, 5.74) is -0.643. The largest absolute Gasteiger partial charge is 0.482 e. The minimum absolute atomic E-state index is 0.202. The van der Waals surface area contributed by atoms with Crippen molar-refractivity contribution in [2.24, 2.45) is 0 Å². The first kappa shape index (κ1) is 15.8. The highest BCUT2D eigenvalue weighted by atomic mass is 35.5. The normalized spacial score (nSPS) is 17.0. The Morgan fingerprint density at radius 2 is 2.29 bits per heavy atom. The molecule has 8 heteroatoms. The Bertz CT molecular complexity index is 548. The van der Waals surface area contributed by atoms with Crippen LogP contribution in [0.15, 0.2) is 18.3 Å². The van der Waals surface area contributed by atoms with Crippen LogP contribution in [0.1, 0.15) is 13.8 Å². The molecule has 1 aromatic heterocycles. The van der Waals surface area contributed by atoms with Crippen LogP contribution in [0, 0.1) is 0 Å². The van der Waals surface area contributed by atoms with Crippen molar-refractivity contribution in [1.29, 1.82) is 0 Å². The summed E-state index contributed by atoms with van der Waals surface area (Å²) in [6, 6.07) is 2.76. The number of hydrogen-bond acceptors (Lipinski definition) is 3. The van der Waals surface area contributed by atoms with Gasteiger partial charge in [-0.3, -0.25) is 4.90 Å². The van der Waals surface area contributed by atoms with Crippen molar-refractivity contribution in [3.8, 4) is 5.75 Å². The van der Waals surface area contributed by atoms with Crippen LogP contribution >= 0.6 is 11.6 Å². The van der Waals surface area contributed by atoms with Gasteiger partial charge in [0.1, 0.15) is 12.1 Å². The number of amides is 2. The monoisotopic (exact) mass is 319 g/mol. The maximum atomic E-state index is 12.9. The maximum Gasteiger partial charge on any atom is 0.338 e. The minimum Gasteiger partial charge on any atom is -0.482 e. The van der Waals surface area contributed by atoms with E-state index in [2.05, 4.69) is 4.98 Å². The fourth-order valence-electron chi connectivity index (χ4n) is 2.15. The van der Waals surface area contributed by atoms with E-state index in [1.165, 1.54) is 18.1 Å². The molecule has 1 aliphatic heterocycles. The van der Waals surface area contributed by atoms with E-state index >= 15 is 0 Å². The van der Waals surface area contributed by atoms with Gasteiger partial charge in [0.25, 0.3) is 0 Å². The molecular weight excluding hydrogens is 304 g/mol. The molecule has 0 aromatic carbocycles. The van der Waals surface area contributed by atoms with Gasteiger partial charge in [0, 0.05) is 13.2 Å². The van der Waals surface area contributed by atoms with Crippen molar-refractivity contribution in [1.82, 2.24) is 9.88 Å². The molecule has 0 atom stereocenters. The van der Waals surface area contributed by atoms with Crippen molar-refractivity contribution < 1.29 is 18.3 Å². The topological polar surface area (TPSA) is 45.7 Å². The Hall–Kier alpha value is -1.63. The zero-order valence-electron chi connectivity index (χ0n) is 11.9. The molecule has 0 fully saturated rings. The van der Waals surface area contributed by atoms with Crippen LogP contribution in [0.5, 0.6) is 5.75 Å². The van der Waals surface area contributed by atoms with Crippen molar-refractivity contribution >= 4 is 23.4 Å². The van der Waals surface area contributed by atoms with Gasteiger partial charge in [-0.15, -0.1) is 0 Å². The molecule has 0 aliphatic carbocycles. The molecule has 0 saturated heterocycles. The van der Waals surface area contributed by atoms with E-state index in [0.717, 1.165) is 4.90 Å². The third-order valence-corrected chi connectivity index (χ3v) is 3.03. The standard InChI is InChI=1S/C13H16ClF2N3O2/c1-12(2)7-19(10-9(21-12)5-4-6-17-10)11(20)18(3)8-13(14,15)16/h4-6H,7-8H2,1-3H3. The SMILES string of the molecule is CN(CC(F)(F)Cl)C(=O)N1CC(C)(C)Oc2cccnc21. The van der Waals surface area contributed by atoms with Crippen molar-refractivity contribution in [3.05, 3.63) is 18.3 Å². The van der Waals surface area contributed by atoms with Gasteiger partial charge in [-0.05, 0) is 37.6 Å². The van der Waals surface area contributed by atoms with Crippen LogP contribution in [-0.2, 0) is 0 Å². The second-order valence-electron chi connectivity index (χ2n) is 5.53. The Morgan fingerprint density at radius 1 is 1.62 bits per heavy atom. The number of carbonyl (C=O) groups is 1. The van der Waals surface area contributed by atoms with E-state index in [1.807, 2.05) is 0 Å². The molecule has 1 aromatic rings. The first-order valence-electron chi connectivity index (χ1n) is 6.32. The molecule has 0 N–H and O–H groups in total. The van der Waals surface area contributed by atoms with Gasteiger partial charge in [0.05, 0.1) is 6.54 Å². The number of nitrogens with zero attached hydrogens (tertiary/aromatic N) is 3. The minimum atomic E-state index is -3.47. The second-order valence-corrected chi connectivity index (χ2v) is 6.08. The third-order valence-electron chi connectivity index (χ3n) is 2.91. The van der Waals surface area contributed by atoms with Crippen LogP contribution in [0.4, 0.5) is 19.4 Å². The van der Waals surface area contributed by atoms with Gasteiger partial charge >= 0.3 is 11.4 Å². The number of urea groups is 1. The Kier molecular flexibility index (Phi) is 3.97. The molecule has 2 rings (SSSR count). The van der Waals surface area contributed by atoms with E-state index in [-0.39, 0.29) is 6.54 Å². The number of rotatable bonds is 2. The lowest BCUT2D eigenvalue weighted by Gasteiger charge is -2.40. The highest BCUT2D eigenvalue weighted by molar-refractivity contribution is 6.22. The molecule has 0 radical (unpaired) electrons. The van der Waals surface area contributed by atoms with Gasteiger partial charge in [-0.2, -0.15) is 8.78 Å². The lowest BCUT2D eigenvalue weighted by molar-refractivity contribution is 0.0639. The summed E-state index contributed by atoms with van der Waals surface area (Å²) >= 11 is 4.88. The van der Waals surface area contributed by atoms with E-state index < -0.39 is 23.6 Å². The number of anilines is 1. The van der Waals surface area contributed by atoms with Crippen molar-refractivity contribution in [2.75, 3.05) is 25.0 Å². The van der Waals surface area contributed by atoms with Crippen LogP contribution in [0.25, 0.3) is 0 Å². The Morgan fingerprint density at radius 3 is 2.90 bits per heavy atom. The summed E-state index contributed by atoms with van der Waals surface area (Å²) in [5, 5.41) is -3.47. The number of aromatic nitrogens is 1. The molecule has 21 heavy (non-hydrogen) atoms. The summed E-state index contributed by atoms with van der Waals surface area (Å²) in [5.74, 6) is 0.750. The number of hydrogen-bond donors (Lipinski definition) is 0. The zero-order chi connectivity index (χ0) is 15.8.